The summed E-state index contributed by atoms with van der Waals surface area (Å²) in [6.45, 7) is 4.19. The van der Waals surface area contributed by atoms with E-state index in [2.05, 4.69) is 10.2 Å². The normalized spacial score (nSPS) is 20.7. The minimum Gasteiger partial charge on any atom is -0.314 e. The topological polar surface area (TPSA) is 15.3 Å². The van der Waals surface area contributed by atoms with Gasteiger partial charge in [-0.2, -0.15) is 0 Å². The maximum absolute atomic E-state index is 6.52. The Balaban J connectivity index is 0.00000132. The summed E-state index contributed by atoms with van der Waals surface area (Å²) in [5.41, 5.74) is 1.11. The fourth-order valence-electron chi connectivity index (χ4n) is 3.77. The summed E-state index contributed by atoms with van der Waals surface area (Å²) in [5, 5.41) is 5.34. The molecule has 0 amide bonds. The molecule has 1 aromatic carbocycles. The Kier molecular flexibility index (Phi) is 9.32. The molecule has 1 heterocycles. The zero-order valence-corrected chi connectivity index (χ0v) is 16.8. The highest BCUT2D eigenvalue weighted by Gasteiger charge is 2.33. The number of rotatable bonds is 3. The van der Waals surface area contributed by atoms with Crippen molar-refractivity contribution in [3.05, 3.63) is 32.8 Å². The summed E-state index contributed by atoms with van der Waals surface area (Å²) < 4.78 is 0. The van der Waals surface area contributed by atoms with Gasteiger partial charge < -0.3 is 5.32 Å². The second kappa shape index (κ2) is 9.91. The molecule has 1 saturated carbocycles. The van der Waals surface area contributed by atoms with E-state index in [1.54, 1.807) is 6.07 Å². The Morgan fingerprint density at radius 1 is 1.00 bits per heavy atom. The second-order valence-corrected chi connectivity index (χ2v) is 7.29. The highest BCUT2D eigenvalue weighted by atomic mass is 35.5. The Morgan fingerprint density at radius 2 is 1.61 bits per heavy atom. The van der Waals surface area contributed by atoms with Gasteiger partial charge in [-0.1, -0.05) is 47.6 Å². The zero-order chi connectivity index (χ0) is 14.8. The van der Waals surface area contributed by atoms with Crippen molar-refractivity contribution in [1.82, 2.24) is 10.2 Å². The van der Waals surface area contributed by atoms with Crippen LogP contribution in [-0.2, 0) is 0 Å². The molecule has 0 unspecified atom stereocenters. The van der Waals surface area contributed by atoms with Gasteiger partial charge in [0.2, 0.25) is 0 Å². The van der Waals surface area contributed by atoms with Crippen LogP contribution >= 0.6 is 59.6 Å². The lowest BCUT2D eigenvalue weighted by molar-refractivity contribution is 0.125. The van der Waals surface area contributed by atoms with Gasteiger partial charge in [-0.25, -0.2) is 0 Å². The average molecular weight is 421 g/mol. The van der Waals surface area contributed by atoms with E-state index in [-0.39, 0.29) is 24.8 Å². The number of hydrogen-bond acceptors (Lipinski definition) is 2. The predicted octanol–water partition coefficient (Wildman–Crippen LogP) is 5.63. The first-order valence-corrected chi connectivity index (χ1v) is 8.89. The molecule has 23 heavy (non-hydrogen) atoms. The second-order valence-electron chi connectivity index (χ2n) is 6.07. The first-order chi connectivity index (χ1) is 10.2. The maximum atomic E-state index is 6.52. The first kappa shape index (κ1) is 21.6. The molecular weight excluding hydrogens is 397 g/mol. The number of nitrogens with zero attached hydrogens (tertiary/aromatic N) is 1. The molecule has 2 aliphatic rings. The van der Waals surface area contributed by atoms with E-state index in [0.717, 1.165) is 31.7 Å². The van der Waals surface area contributed by atoms with Gasteiger partial charge in [0, 0.05) is 37.2 Å². The van der Waals surface area contributed by atoms with E-state index in [9.17, 15) is 0 Å². The van der Waals surface area contributed by atoms with E-state index >= 15 is 0 Å². The molecule has 0 radical (unpaired) electrons. The zero-order valence-electron chi connectivity index (χ0n) is 12.9. The summed E-state index contributed by atoms with van der Waals surface area (Å²) in [5.74, 6) is 0.662. The number of hydrogen-bond donors (Lipinski definition) is 1. The Hall–Kier alpha value is 0.590. The van der Waals surface area contributed by atoms with Crippen molar-refractivity contribution in [2.24, 2.45) is 5.92 Å². The van der Waals surface area contributed by atoms with E-state index in [1.165, 1.54) is 25.7 Å². The van der Waals surface area contributed by atoms with Gasteiger partial charge in [-0.15, -0.1) is 24.8 Å². The Bertz CT molecular complexity index is 499. The molecule has 1 aromatic rings. The van der Waals surface area contributed by atoms with Crippen LogP contribution in [0.25, 0.3) is 0 Å². The molecule has 1 aliphatic carbocycles. The molecule has 1 N–H and O–H groups in total. The van der Waals surface area contributed by atoms with Gasteiger partial charge in [0.1, 0.15) is 0 Å². The van der Waals surface area contributed by atoms with Crippen LogP contribution in [0.15, 0.2) is 12.1 Å². The lowest BCUT2D eigenvalue weighted by atomic mass is 9.89. The van der Waals surface area contributed by atoms with Crippen molar-refractivity contribution >= 4 is 59.6 Å². The highest BCUT2D eigenvalue weighted by molar-refractivity contribution is 6.43. The minimum atomic E-state index is 0. The van der Waals surface area contributed by atoms with Crippen LogP contribution in [0.3, 0.4) is 0 Å². The number of benzene rings is 1. The summed E-state index contributed by atoms with van der Waals surface area (Å²) in [6, 6.07) is 4.09. The fourth-order valence-corrected chi connectivity index (χ4v) is 4.50. The SMILES string of the molecule is Cl.Cl.Clc1cc(Cl)c(Cl)c([C@@H](C2CCCC2)N2CCNCC2)c1. The molecule has 1 aliphatic heterocycles. The van der Waals surface area contributed by atoms with Gasteiger partial charge in [0.25, 0.3) is 0 Å². The van der Waals surface area contributed by atoms with Crippen LogP contribution < -0.4 is 5.32 Å². The number of nitrogens with one attached hydrogen (secondary N) is 1. The summed E-state index contributed by atoms with van der Waals surface area (Å²) >= 11 is 19.0. The molecular formula is C16H23Cl5N2. The highest BCUT2D eigenvalue weighted by Crippen LogP contribution is 2.44. The molecule has 2 nitrogen and oxygen atoms in total. The third kappa shape index (κ3) is 5.04. The molecule has 1 saturated heterocycles. The van der Waals surface area contributed by atoms with E-state index < -0.39 is 0 Å². The average Bonchev–Trinajstić information content (AvgIpc) is 2.99. The third-order valence-electron chi connectivity index (χ3n) is 4.73. The van der Waals surface area contributed by atoms with E-state index in [4.69, 9.17) is 34.8 Å². The van der Waals surface area contributed by atoms with Crippen LogP contribution in [0, 0.1) is 5.92 Å². The van der Waals surface area contributed by atoms with Crippen LogP contribution in [-0.4, -0.2) is 31.1 Å². The minimum absolute atomic E-state index is 0. The van der Waals surface area contributed by atoms with Crippen molar-refractivity contribution in [3.8, 4) is 0 Å². The van der Waals surface area contributed by atoms with Crippen molar-refractivity contribution in [3.63, 3.8) is 0 Å². The van der Waals surface area contributed by atoms with Gasteiger partial charge in [0.05, 0.1) is 10.0 Å². The van der Waals surface area contributed by atoms with E-state index in [1.807, 2.05) is 6.07 Å². The van der Waals surface area contributed by atoms with Gasteiger partial charge >= 0.3 is 0 Å². The summed E-state index contributed by atoms with van der Waals surface area (Å²) in [4.78, 5) is 2.56. The molecule has 1 atom stereocenters. The largest absolute Gasteiger partial charge is 0.314 e. The van der Waals surface area contributed by atoms with Crippen LogP contribution in [0.1, 0.15) is 37.3 Å². The van der Waals surface area contributed by atoms with Gasteiger partial charge in [-0.3, -0.25) is 4.90 Å². The lowest BCUT2D eigenvalue weighted by Crippen LogP contribution is -2.46. The molecule has 2 fully saturated rings. The van der Waals surface area contributed by atoms with Gasteiger partial charge in [-0.05, 0) is 36.5 Å². The Labute approximate surface area is 166 Å². The van der Waals surface area contributed by atoms with Crippen LogP contribution in [0.5, 0.6) is 0 Å². The summed E-state index contributed by atoms with van der Waals surface area (Å²) in [7, 11) is 0. The lowest BCUT2D eigenvalue weighted by Gasteiger charge is -2.39. The molecule has 0 spiro atoms. The van der Waals surface area contributed by atoms with Gasteiger partial charge in [0.15, 0.2) is 0 Å². The smallest absolute Gasteiger partial charge is 0.0641 e. The number of halogens is 5. The molecule has 132 valence electrons. The van der Waals surface area contributed by atoms with Crippen molar-refractivity contribution in [2.45, 2.75) is 31.7 Å². The molecule has 0 aromatic heterocycles. The molecule has 0 bridgehead atoms. The van der Waals surface area contributed by atoms with Crippen molar-refractivity contribution in [1.29, 1.82) is 0 Å². The monoisotopic (exact) mass is 418 g/mol. The quantitative estimate of drug-likeness (QED) is 0.638. The van der Waals surface area contributed by atoms with E-state index in [0.29, 0.717) is 27.0 Å². The van der Waals surface area contributed by atoms with Crippen molar-refractivity contribution in [2.75, 3.05) is 26.2 Å². The fraction of sp³-hybridized carbons (Fsp3) is 0.625. The molecule has 3 rings (SSSR count). The molecule has 7 heteroatoms. The van der Waals surface area contributed by atoms with Crippen molar-refractivity contribution < 1.29 is 0 Å². The van der Waals surface area contributed by atoms with Crippen LogP contribution in [0.2, 0.25) is 15.1 Å². The maximum Gasteiger partial charge on any atom is 0.0641 e. The number of piperazine rings is 1. The Morgan fingerprint density at radius 3 is 2.22 bits per heavy atom. The third-order valence-corrected chi connectivity index (χ3v) is 5.77. The van der Waals surface area contributed by atoms with Crippen LogP contribution in [0.4, 0.5) is 0 Å². The standard InChI is InChI=1S/C16H21Cl3N2.2ClH/c17-12-9-13(15(19)14(18)10-12)16(11-3-1-2-4-11)21-7-5-20-6-8-21;;/h9-11,16,20H,1-8H2;2*1H/t16-;;/m1../s1. The predicted molar refractivity (Wildman–Crippen MR) is 105 cm³/mol. The first-order valence-electron chi connectivity index (χ1n) is 7.76. The summed E-state index contributed by atoms with van der Waals surface area (Å²) in [6.07, 6.45) is 5.18.